The lowest BCUT2D eigenvalue weighted by Gasteiger charge is -2.22. The van der Waals surface area contributed by atoms with Gasteiger partial charge in [-0.15, -0.1) is 13.2 Å². The molecule has 0 amide bonds. The van der Waals surface area contributed by atoms with Gasteiger partial charge >= 0.3 is 0 Å². The Kier molecular flexibility index (Phi) is 3.50. The van der Waals surface area contributed by atoms with Crippen molar-refractivity contribution in [1.29, 1.82) is 0 Å². The van der Waals surface area contributed by atoms with Gasteiger partial charge in [-0.1, -0.05) is 35.5 Å². The van der Waals surface area contributed by atoms with Crippen LogP contribution in [0.5, 0.6) is 0 Å². The first-order valence-corrected chi connectivity index (χ1v) is 7.85. The minimum Gasteiger partial charge on any atom is -0.362 e. The maximum Gasteiger partial charge on any atom is 0.146 e. The molecular weight excluding hydrogens is 298 g/mol. The molecule has 0 fully saturated rings. The lowest BCUT2D eigenvalue weighted by molar-refractivity contribution is 0.412. The minimum atomic E-state index is 0.692. The average molecular weight is 315 g/mol. The van der Waals surface area contributed by atoms with E-state index in [0.29, 0.717) is 13.1 Å². The Morgan fingerprint density at radius 2 is 1.75 bits per heavy atom. The summed E-state index contributed by atoms with van der Waals surface area (Å²) >= 11 is 0. The van der Waals surface area contributed by atoms with Gasteiger partial charge in [0.2, 0.25) is 0 Å². The molecule has 0 aliphatic carbocycles. The Labute approximate surface area is 139 Å². The number of anilines is 1. The first-order chi connectivity index (χ1) is 11.8. The molecule has 4 aromatic rings. The Morgan fingerprint density at radius 1 is 0.958 bits per heavy atom. The van der Waals surface area contributed by atoms with Crippen molar-refractivity contribution < 1.29 is 4.52 Å². The third-order valence-corrected chi connectivity index (χ3v) is 4.19. The topological polar surface area (TPSA) is 42.2 Å². The molecule has 0 unspecified atom stereocenters. The minimum absolute atomic E-state index is 0.692. The Morgan fingerprint density at radius 3 is 2.54 bits per heavy atom. The van der Waals surface area contributed by atoms with Crippen LogP contribution in [-0.2, 0) is 0 Å². The number of benzene rings is 2. The molecule has 0 saturated heterocycles. The highest BCUT2D eigenvalue weighted by Gasteiger charge is 2.16. The van der Waals surface area contributed by atoms with Gasteiger partial charge in [0.25, 0.3) is 0 Å². The predicted octanol–water partition coefficient (Wildman–Crippen LogP) is 4.71. The van der Waals surface area contributed by atoms with E-state index in [0.717, 1.165) is 38.4 Å². The highest BCUT2D eigenvalue weighted by atomic mass is 16.4. The summed E-state index contributed by atoms with van der Waals surface area (Å²) in [4.78, 5) is 6.99. The molecule has 0 aliphatic heterocycles. The van der Waals surface area contributed by atoms with Crippen molar-refractivity contribution in [3.05, 3.63) is 68.0 Å². The van der Waals surface area contributed by atoms with E-state index >= 15 is 0 Å². The van der Waals surface area contributed by atoms with E-state index in [2.05, 4.69) is 35.3 Å². The van der Waals surface area contributed by atoms with Gasteiger partial charge in [-0.3, -0.25) is 0 Å². The maximum atomic E-state index is 5.33. The zero-order valence-electron chi connectivity index (χ0n) is 13.3. The van der Waals surface area contributed by atoms with Gasteiger partial charge in [-0.25, -0.2) is 4.98 Å². The number of hydrogen-bond donors (Lipinski definition) is 0. The van der Waals surface area contributed by atoms with Gasteiger partial charge in [-0.2, -0.15) is 0 Å². The maximum absolute atomic E-state index is 5.33. The summed E-state index contributed by atoms with van der Waals surface area (Å²) in [5, 5.41) is 7.45. The van der Waals surface area contributed by atoms with Crippen LogP contribution in [0.3, 0.4) is 0 Å². The summed E-state index contributed by atoms with van der Waals surface area (Å²) in [6, 6.07) is 12.2. The molecule has 118 valence electrons. The van der Waals surface area contributed by atoms with Crippen molar-refractivity contribution >= 4 is 38.4 Å². The number of rotatable bonds is 5. The normalized spacial score (nSPS) is 11.2. The molecule has 2 heterocycles. The van der Waals surface area contributed by atoms with Gasteiger partial charge in [-0.05, 0) is 18.2 Å². The summed E-state index contributed by atoms with van der Waals surface area (Å²) in [6.07, 6.45) is 5.41. The van der Waals surface area contributed by atoms with E-state index in [1.807, 2.05) is 36.4 Å². The third-order valence-electron chi connectivity index (χ3n) is 4.19. The molecule has 0 saturated carbocycles. The number of aromatic nitrogens is 2. The van der Waals surface area contributed by atoms with E-state index in [1.165, 1.54) is 0 Å². The van der Waals surface area contributed by atoms with Crippen LogP contribution in [0.4, 0.5) is 5.69 Å². The lowest BCUT2D eigenvalue weighted by atomic mass is 10.1. The molecule has 0 bridgehead atoms. The second-order valence-electron chi connectivity index (χ2n) is 5.67. The first kappa shape index (κ1) is 14.5. The van der Waals surface area contributed by atoms with Crippen molar-refractivity contribution in [2.45, 2.75) is 0 Å². The fraction of sp³-hybridized carbons (Fsp3) is 0.100. The predicted molar refractivity (Wildman–Crippen MR) is 99.4 cm³/mol. The Balaban J connectivity index is 2.10. The monoisotopic (exact) mass is 315 g/mol. The van der Waals surface area contributed by atoms with Crippen molar-refractivity contribution in [3.63, 3.8) is 0 Å². The van der Waals surface area contributed by atoms with E-state index < -0.39 is 0 Å². The molecule has 0 N–H and O–H groups in total. The van der Waals surface area contributed by atoms with Crippen molar-refractivity contribution in [1.82, 2.24) is 10.1 Å². The van der Waals surface area contributed by atoms with Crippen LogP contribution in [0, 0.1) is 0 Å². The van der Waals surface area contributed by atoms with E-state index in [1.54, 1.807) is 6.26 Å². The molecule has 0 atom stereocenters. The standard InChI is InChI=1S/C20H17N3O/c1-3-11-23(12-4-2)18-13-24-22-17-10-9-15-14-7-5-6-8-16(14)21-20(15)19(17)18/h3-10,13H,1-2,11-12H2. The molecule has 0 aliphatic rings. The fourth-order valence-electron chi connectivity index (χ4n) is 3.17. The van der Waals surface area contributed by atoms with E-state index in [4.69, 9.17) is 9.51 Å². The molecule has 4 nitrogen and oxygen atoms in total. The second-order valence-corrected chi connectivity index (χ2v) is 5.67. The van der Waals surface area contributed by atoms with Gasteiger partial charge in [0.15, 0.2) is 0 Å². The van der Waals surface area contributed by atoms with Crippen LogP contribution in [-0.4, -0.2) is 23.2 Å². The number of hydrogen-bond acceptors (Lipinski definition) is 4. The van der Waals surface area contributed by atoms with Crippen LogP contribution in [0.1, 0.15) is 0 Å². The molecule has 2 aromatic heterocycles. The molecule has 4 heteroatoms. The first-order valence-electron chi connectivity index (χ1n) is 7.85. The zero-order chi connectivity index (χ0) is 16.5. The molecule has 24 heavy (non-hydrogen) atoms. The smallest absolute Gasteiger partial charge is 0.146 e. The second kappa shape index (κ2) is 5.81. The molecule has 0 radical (unpaired) electrons. The molecule has 2 aromatic carbocycles. The highest BCUT2D eigenvalue weighted by molar-refractivity contribution is 6.19. The van der Waals surface area contributed by atoms with E-state index in [9.17, 15) is 0 Å². The van der Waals surface area contributed by atoms with Crippen molar-refractivity contribution in [3.8, 4) is 0 Å². The fourth-order valence-corrected chi connectivity index (χ4v) is 3.17. The molecule has 4 rings (SSSR count). The van der Waals surface area contributed by atoms with Gasteiger partial charge < -0.3 is 9.42 Å². The summed E-state index contributed by atoms with van der Waals surface area (Å²) in [6.45, 7) is 9.08. The summed E-state index contributed by atoms with van der Waals surface area (Å²) in [5.74, 6) is 0. The quantitative estimate of drug-likeness (QED) is 0.500. The van der Waals surface area contributed by atoms with Crippen molar-refractivity contribution in [2.24, 2.45) is 0 Å². The highest BCUT2D eigenvalue weighted by Crippen LogP contribution is 2.35. The van der Waals surface area contributed by atoms with Crippen LogP contribution in [0.2, 0.25) is 0 Å². The Bertz CT molecular complexity index is 1050. The number of para-hydroxylation sites is 1. The van der Waals surface area contributed by atoms with Crippen molar-refractivity contribution in [2.75, 3.05) is 18.0 Å². The lowest BCUT2D eigenvalue weighted by Crippen LogP contribution is -2.23. The van der Waals surface area contributed by atoms with E-state index in [-0.39, 0.29) is 0 Å². The van der Waals surface area contributed by atoms with Gasteiger partial charge in [0.1, 0.15) is 11.8 Å². The van der Waals surface area contributed by atoms with Crippen LogP contribution in [0.15, 0.2) is 72.5 Å². The third kappa shape index (κ3) is 2.15. The average Bonchev–Trinajstić information content (AvgIpc) is 3.00. The number of fused-ring (bicyclic) bond motifs is 5. The summed E-state index contributed by atoms with van der Waals surface area (Å²) in [7, 11) is 0. The summed E-state index contributed by atoms with van der Waals surface area (Å²) in [5.41, 5.74) is 3.69. The van der Waals surface area contributed by atoms with Crippen LogP contribution >= 0.6 is 0 Å². The molecular formula is C20H17N3O. The largest absolute Gasteiger partial charge is 0.362 e. The van der Waals surface area contributed by atoms with Crippen LogP contribution in [0.25, 0.3) is 32.7 Å². The van der Waals surface area contributed by atoms with Crippen LogP contribution < -0.4 is 4.90 Å². The SMILES string of the molecule is C=CCN(CC=C)c1conc2ccc3c4ccccc4nc3c12. The Hall–Kier alpha value is -3.14. The van der Waals surface area contributed by atoms with Gasteiger partial charge in [0.05, 0.1) is 22.1 Å². The number of nitrogens with zero attached hydrogens (tertiary/aromatic N) is 3. The van der Waals surface area contributed by atoms with Gasteiger partial charge in [0, 0.05) is 23.9 Å². The summed E-state index contributed by atoms with van der Waals surface area (Å²) < 4.78 is 5.33. The zero-order valence-corrected chi connectivity index (χ0v) is 13.3. The molecule has 0 spiro atoms.